The van der Waals surface area contributed by atoms with E-state index in [1.807, 2.05) is 14.1 Å². The predicted molar refractivity (Wildman–Crippen MR) is 125 cm³/mol. The molecule has 33 heavy (non-hydrogen) atoms. The molecule has 0 spiro atoms. The number of hydrogen-bond donors (Lipinski definition) is 2. The summed E-state index contributed by atoms with van der Waals surface area (Å²) < 4.78 is 5.76. The van der Waals surface area contributed by atoms with E-state index in [-0.39, 0.29) is 36.4 Å². The van der Waals surface area contributed by atoms with Gasteiger partial charge in [0.2, 0.25) is 17.7 Å². The number of benzene rings is 2. The van der Waals surface area contributed by atoms with Crippen LogP contribution in [-0.2, 0) is 11.3 Å². The highest BCUT2D eigenvalue weighted by Crippen LogP contribution is 2.24. The Balaban J connectivity index is 1.66. The minimum absolute atomic E-state index is 0.0643. The number of hydrogen-bond acceptors (Lipinski definition) is 7. The Labute approximate surface area is 193 Å². The molecule has 1 aromatic heterocycles. The third-order valence-corrected chi connectivity index (χ3v) is 4.97. The number of carbonyl (C=O) groups excluding carboxylic acids is 2. The molecule has 9 heteroatoms. The second-order valence-corrected chi connectivity index (χ2v) is 7.84. The Morgan fingerprint density at radius 2 is 1.85 bits per heavy atom. The van der Waals surface area contributed by atoms with Gasteiger partial charge in [-0.05, 0) is 63.5 Å². The first-order valence-electron chi connectivity index (χ1n) is 10.8. The lowest BCUT2D eigenvalue weighted by Gasteiger charge is -2.20. The van der Waals surface area contributed by atoms with Crippen molar-refractivity contribution in [3.8, 4) is 17.2 Å². The van der Waals surface area contributed by atoms with Crippen molar-refractivity contribution in [3.63, 3.8) is 0 Å². The Bertz CT molecular complexity index is 1080. The summed E-state index contributed by atoms with van der Waals surface area (Å²) in [5, 5.41) is 20.8. The van der Waals surface area contributed by atoms with Crippen LogP contribution in [-0.4, -0.2) is 59.2 Å². The zero-order valence-corrected chi connectivity index (χ0v) is 19.1. The smallest absolute Gasteiger partial charge is 0.251 e. The highest BCUT2D eigenvalue weighted by atomic mass is 16.4. The number of phenolic OH excluding ortho intramolecular Hbond substituents is 1. The van der Waals surface area contributed by atoms with E-state index in [0.717, 1.165) is 13.0 Å². The van der Waals surface area contributed by atoms with E-state index >= 15 is 0 Å². The summed E-state index contributed by atoms with van der Waals surface area (Å²) in [4.78, 5) is 28.3. The summed E-state index contributed by atoms with van der Waals surface area (Å²) in [7, 11) is 3.99. The molecule has 0 saturated carbocycles. The van der Waals surface area contributed by atoms with Crippen LogP contribution >= 0.6 is 0 Å². The topological polar surface area (TPSA) is 112 Å². The van der Waals surface area contributed by atoms with Gasteiger partial charge in [-0.3, -0.25) is 9.59 Å². The van der Waals surface area contributed by atoms with Crippen LogP contribution in [0.1, 0.15) is 36.0 Å². The third kappa shape index (κ3) is 6.63. The highest BCUT2D eigenvalue weighted by Gasteiger charge is 2.19. The van der Waals surface area contributed by atoms with Crippen molar-refractivity contribution in [1.29, 1.82) is 0 Å². The maximum atomic E-state index is 12.4. The Hall–Kier alpha value is -3.72. The summed E-state index contributed by atoms with van der Waals surface area (Å²) in [6.45, 7) is 3.36. The van der Waals surface area contributed by atoms with Gasteiger partial charge in [0.05, 0.1) is 0 Å². The molecule has 2 amide bonds. The monoisotopic (exact) mass is 451 g/mol. The first-order chi connectivity index (χ1) is 15.9. The minimum Gasteiger partial charge on any atom is -0.508 e. The van der Waals surface area contributed by atoms with Crippen LogP contribution in [0.25, 0.3) is 11.5 Å². The van der Waals surface area contributed by atoms with Gasteiger partial charge in [0, 0.05) is 35.8 Å². The number of aromatic nitrogens is 2. The van der Waals surface area contributed by atoms with E-state index < -0.39 is 0 Å². The Morgan fingerprint density at radius 3 is 2.52 bits per heavy atom. The van der Waals surface area contributed by atoms with Gasteiger partial charge >= 0.3 is 0 Å². The molecule has 0 unspecified atom stereocenters. The maximum Gasteiger partial charge on any atom is 0.251 e. The van der Waals surface area contributed by atoms with E-state index in [1.165, 1.54) is 17.0 Å². The number of nitrogens with zero attached hydrogens (tertiary/aromatic N) is 4. The van der Waals surface area contributed by atoms with Crippen molar-refractivity contribution in [1.82, 2.24) is 20.4 Å². The summed E-state index contributed by atoms with van der Waals surface area (Å²) in [5.41, 5.74) is 1.76. The molecule has 1 heterocycles. The Morgan fingerprint density at radius 1 is 1.09 bits per heavy atom. The average Bonchev–Trinajstić information content (AvgIpc) is 3.28. The van der Waals surface area contributed by atoms with Crippen LogP contribution in [0.3, 0.4) is 0 Å². The van der Waals surface area contributed by atoms with Gasteiger partial charge in [0.15, 0.2) is 0 Å². The molecule has 174 valence electrons. The van der Waals surface area contributed by atoms with E-state index in [0.29, 0.717) is 29.2 Å². The second kappa shape index (κ2) is 11.2. The van der Waals surface area contributed by atoms with Gasteiger partial charge in [-0.1, -0.05) is 13.0 Å². The molecule has 0 aliphatic carbocycles. The highest BCUT2D eigenvalue weighted by molar-refractivity contribution is 5.94. The second-order valence-electron chi connectivity index (χ2n) is 7.84. The molecular weight excluding hydrogens is 422 g/mol. The van der Waals surface area contributed by atoms with Crippen LogP contribution in [0.15, 0.2) is 52.9 Å². The zero-order valence-electron chi connectivity index (χ0n) is 19.1. The summed E-state index contributed by atoms with van der Waals surface area (Å²) >= 11 is 0. The fourth-order valence-electron chi connectivity index (χ4n) is 3.21. The standard InChI is InChI=1S/C24H29N5O4/c1-4-22(31)29(19-7-5-8-20(30)15-19)16-21-26-27-24(33-21)18-11-9-17(10-12-18)23(32)25-13-6-14-28(2)3/h5,7-12,15,30H,4,6,13-14,16H2,1-3H3,(H,25,32). The number of anilines is 1. The van der Waals surface area contributed by atoms with Crippen LogP contribution < -0.4 is 10.2 Å². The largest absolute Gasteiger partial charge is 0.508 e. The van der Waals surface area contributed by atoms with E-state index in [9.17, 15) is 14.7 Å². The van der Waals surface area contributed by atoms with E-state index in [4.69, 9.17) is 4.42 Å². The summed E-state index contributed by atoms with van der Waals surface area (Å²) in [6, 6.07) is 13.4. The number of amides is 2. The molecule has 0 atom stereocenters. The molecule has 0 saturated heterocycles. The summed E-state index contributed by atoms with van der Waals surface area (Å²) in [5.74, 6) is 0.350. The van der Waals surface area contributed by atoms with Crippen LogP contribution in [0.4, 0.5) is 5.69 Å². The summed E-state index contributed by atoms with van der Waals surface area (Å²) in [6.07, 6.45) is 1.16. The first-order valence-corrected chi connectivity index (χ1v) is 10.8. The van der Waals surface area contributed by atoms with E-state index in [1.54, 1.807) is 43.3 Å². The van der Waals surface area contributed by atoms with Crippen LogP contribution in [0.5, 0.6) is 5.75 Å². The Kier molecular flexibility index (Phi) is 8.15. The molecule has 2 N–H and O–H groups in total. The maximum absolute atomic E-state index is 12.4. The van der Waals surface area contributed by atoms with Crippen molar-refractivity contribution in [3.05, 3.63) is 60.0 Å². The molecule has 9 nitrogen and oxygen atoms in total. The van der Waals surface area contributed by atoms with Crippen molar-refractivity contribution in [2.45, 2.75) is 26.3 Å². The minimum atomic E-state index is -0.138. The normalized spacial score (nSPS) is 10.9. The van der Waals surface area contributed by atoms with Gasteiger partial charge in [-0.2, -0.15) is 0 Å². The lowest BCUT2D eigenvalue weighted by Crippen LogP contribution is -2.29. The molecule has 2 aromatic carbocycles. The molecule has 3 aromatic rings. The molecule has 0 radical (unpaired) electrons. The zero-order chi connectivity index (χ0) is 23.8. The lowest BCUT2D eigenvalue weighted by atomic mass is 10.1. The van der Waals surface area contributed by atoms with Gasteiger partial charge < -0.3 is 24.6 Å². The van der Waals surface area contributed by atoms with E-state index in [2.05, 4.69) is 20.4 Å². The number of nitrogens with one attached hydrogen (secondary N) is 1. The van der Waals surface area contributed by atoms with Gasteiger partial charge in [0.25, 0.3) is 5.91 Å². The van der Waals surface area contributed by atoms with Crippen LogP contribution in [0, 0.1) is 0 Å². The average molecular weight is 452 g/mol. The number of carbonyl (C=O) groups is 2. The molecule has 3 rings (SSSR count). The molecule has 0 fully saturated rings. The molecule has 0 aliphatic rings. The SMILES string of the molecule is CCC(=O)N(Cc1nnc(-c2ccc(C(=O)NCCCN(C)C)cc2)o1)c1cccc(O)c1. The van der Waals surface area contributed by atoms with Crippen LogP contribution in [0.2, 0.25) is 0 Å². The lowest BCUT2D eigenvalue weighted by molar-refractivity contribution is -0.118. The van der Waals surface area contributed by atoms with Crippen molar-refractivity contribution >= 4 is 17.5 Å². The van der Waals surface area contributed by atoms with Gasteiger partial charge in [0.1, 0.15) is 12.3 Å². The third-order valence-electron chi connectivity index (χ3n) is 4.97. The van der Waals surface area contributed by atoms with Crippen molar-refractivity contribution < 1.29 is 19.1 Å². The molecule has 0 bridgehead atoms. The predicted octanol–water partition coefficient (Wildman–Crippen LogP) is 3.07. The van der Waals surface area contributed by atoms with Crippen molar-refractivity contribution in [2.75, 3.05) is 32.1 Å². The number of aromatic hydroxyl groups is 1. The molecule has 0 aliphatic heterocycles. The number of phenols is 1. The fraction of sp³-hybridized carbons (Fsp3) is 0.333. The quantitative estimate of drug-likeness (QED) is 0.456. The molecular formula is C24H29N5O4. The number of rotatable bonds is 10. The van der Waals surface area contributed by atoms with Crippen molar-refractivity contribution in [2.24, 2.45) is 0 Å². The fourth-order valence-corrected chi connectivity index (χ4v) is 3.21. The van der Waals surface area contributed by atoms with Gasteiger partial charge in [-0.25, -0.2) is 0 Å². The first kappa shape index (κ1) is 23.9. The van der Waals surface area contributed by atoms with Gasteiger partial charge in [-0.15, -0.1) is 10.2 Å².